The molecule has 3 N–H and O–H groups in total. The molecule has 0 saturated carbocycles. The lowest BCUT2D eigenvalue weighted by atomic mass is 10.0. The maximum Gasteiger partial charge on any atom is 0.469 e. The zero-order valence-electron chi connectivity index (χ0n) is 36.3. The zero-order chi connectivity index (χ0) is 41.9. The summed E-state index contributed by atoms with van der Waals surface area (Å²) in [5.74, 6) is -0.962. The molecule has 0 aromatic carbocycles. The Kier molecular flexibility index (Phi) is 40.6. The van der Waals surface area contributed by atoms with E-state index < -0.39 is 32.5 Å². The maximum atomic E-state index is 12.4. The topological polar surface area (TPSA) is 140 Å². The Hall–Kier alpha value is -2.03. The van der Waals surface area contributed by atoms with E-state index in [9.17, 15) is 19.3 Å². The van der Waals surface area contributed by atoms with E-state index in [-0.39, 0.29) is 25.6 Å². The first kappa shape index (κ1) is 55.0. The zero-order valence-corrected chi connectivity index (χ0v) is 37.2. The summed E-state index contributed by atoms with van der Waals surface area (Å²) >= 11 is 0. The average Bonchev–Trinajstić information content (AvgIpc) is 3.18. The molecule has 2 atom stereocenters. The number of ether oxygens (including phenoxy) is 2. The summed E-state index contributed by atoms with van der Waals surface area (Å²) in [7, 11) is -4.78. The standard InChI is InChI=1S/C47H85O9P/c1-3-5-6-7-8-9-10-11-12-13-14-15-16-17-18-23-26-29-32-35-38-41-47(50)56-45(43-55-57(51,52)53)42-54-46(49)40-37-34-31-28-25-22-20-19-21-24-27-30-33-36-39-44(48)4-2/h20-22,24,28,30-31,33,44-45,48H,3-19,23,25-27,29,32,34-43H2,1-2H3,(H2,51,52,53)/b22-20-,24-21-,31-28-,33-30-/t44-,45+/m0/s1. The van der Waals surface area contributed by atoms with Crippen molar-refractivity contribution in [2.24, 2.45) is 0 Å². The second-order valence-corrected chi connectivity index (χ2v) is 16.8. The van der Waals surface area contributed by atoms with Gasteiger partial charge < -0.3 is 24.4 Å². The largest absolute Gasteiger partial charge is 0.469 e. The number of phosphoric acid groups is 1. The van der Waals surface area contributed by atoms with E-state index in [1.807, 2.05) is 13.0 Å². The van der Waals surface area contributed by atoms with Gasteiger partial charge in [0.25, 0.3) is 0 Å². The van der Waals surface area contributed by atoms with E-state index in [2.05, 4.69) is 54.0 Å². The lowest BCUT2D eigenvalue weighted by molar-refractivity contribution is -0.161. The van der Waals surface area contributed by atoms with Crippen LogP contribution in [0.5, 0.6) is 0 Å². The van der Waals surface area contributed by atoms with Gasteiger partial charge in [-0.05, 0) is 57.8 Å². The number of esters is 2. The molecule has 0 spiro atoms. The molecule has 9 nitrogen and oxygen atoms in total. The molecule has 0 aliphatic carbocycles. The van der Waals surface area contributed by atoms with Gasteiger partial charge in [-0.2, -0.15) is 0 Å². The molecule has 0 fully saturated rings. The Balaban J connectivity index is 3.93. The van der Waals surface area contributed by atoms with Crippen LogP contribution in [0.4, 0.5) is 0 Å². The number of carbonyl (C=O) groups excluding carboxylic acids is 2. The van der Waals surface area contributed by atoms with Gasteiger partial charge in [0, 0.05) is 12.8 Å². The molecular formula is C47H85O9P. The molecule has 0 amide bonds. The molecule has 0 radical (unpaired) electrons. The number of phosphoric ester groups is 1. The molecule has 0 unspecified atom stereocenters. The first-order valence-electron chi connectivity index (χ1n) is 23.0. The number of hydrogen-bond acceptors (Lipinski definition) is 7. The highest BCUT2D eigenvalue weighted by Crippen LogP contribution is 2.36. The van der Waals surface area contributed by atoms with E-state index >= 15 is 0 Å². The Morgan fingerprint density at radius 2 is 0.930 bits per heavy atom. The third kappa shape index (κ3) is 44.9. The normalized spacial score (nSPS) is 13.4. The Labute approximate surface area is 348 Å². The lowest BCUT2D eigenvalue weighted by Crippen LogP contribution is -2.29. The Morgan fingerprint density at radius 3 is 1.37 bits per heavy atom. The van der Waals surface area contributed by atoms with Crippen LogP contribution >= 0.6 is 7.82 Å². The van der Waals surface area contributed by atoms with Crippen LogP contribution in [0.25, 0.3) is 0 Å². The molecule has 332 valence electrons. The van der Waals surface area contributed by atoms with Crippen molar-refractivity contribution in [2.45, 2.75) is 225 Å². The minimum Gasteiger partial charge on any atom is -0.462 e. The van der Waals surface area contributed by atoms with E-state index in [0.29, 0.717) is 19.3 Å². The minimum atomic E-state index is -4.78. The van der Waals surface area contributed by atoms with Crippen molar-refractivity contribution in [3.63, 3.8) is 0 Å². The van der Waals surface area contributed by atoms with E-state index in [1.165, 1.54) is 109 Å². The van der Waals surface area contributed by atoms with Crippen LogP contribution in [-0.2, 0) is 28.2 Å². The van der Waals surface area contributed by atoms with Gasteiger partial charge in [0.15, 0.2) is 6.10 Å². The van der Waals surface area contributed by atoms with Crippen molar-refractivity contribution in [1.82, 2.24) is 0 Å². The first-order chi connectivity index (χ1) is 27.7. The molecular weight excluding hydrogens is 739 g/mol. The number of aliphatic hydroxyl groups excluding tert-OH is 1. The summed E-state index contributed by atoms with van der Waals surface area (Å²) in [6.45, 7) is 3.38. The van der Waals surface area contributed by atoms with Crippen molar-refractivity contribution in [3.05, 3.63) is 48.6 Å². The first-order valence-corrected chi connectivity index (χ1v) is 24.5. The SMILES string of the molecule is CCCCCCCCCCCCCCCCCCCCCCCC(=O)O[C@H](COC(=O)CCC/C=C\C/C=C\C/C=C\C/C=C\CC[C@@H](O)CC)COP(=O)(O)O. The predicted octanol–water partition coefficient (Wildman–Crippen LogP) is 13.3. The summed E-state index contributed by atoms with van der Waals surface area (Å²) < 4.78 is 26.4. The third-order valence-electron chi connectivity index (χ3n) is 10.0. The van der Waals surface area contributed by atoms with Gasteiger partial charge in [-0.1, -0.05) is 191 Å². The second kappa shape index (κ2) is 42.1. The van der Waals surface area contributed by atoms with Gasteiger partial charge in [0.05, 0.1) is 12.7 Å². The summed E-state index contributed by atoms with van der Waals surface area (Å²) in [5, 5.41) is 9.55. The highest BCUT2D eigenvalue weighted by molar-refractivity contribution is 7.46. The quantitative estimate of drug-likeness (QED) is 0.0237. The van der Waals surface area contributed by atoms with Crippen LogP contribution in [0.1, 0.15) is 213 Å². The Morgan fingerprint density at radius 1 is 0.526 bits per heavy atom. The number of hydrogen-bond donors (Lipinski definition) is 3. The molecule has 0 heterocycles. The molecule has 0 aliphatic heterocycles. The monoisotopic (exact) mass is 825 g/mol. The van der Waals surface area contributed by atoms with Crippen LogP contribution < -0.4 is 0 Å². The molecule has 0 aliphatic rings. The van der Waals surface area contributed by atoms with Gasteiger partial charge in [-0.15, -0.1) is 0 Å². The Bertz CT molecular complexity index is 1080. The number of allylic oxidation sites excluding steroid dienone is 8. The molecule has 10 heteroatoms. The number of unbranched alkanes of at least 4 members (excludes halogenated alkanes) is 21. The van der Waals surface area contributed by atoms with Gasteiger partial charge >= 0.3 is 19.8 Å². The summed E-state index contributed by atoms with van der Waals surface area (Å²) in [6.07, 6.45) is 49.3. The fourth-order valence-electron chi connectivity index (χ4n) is 6.41. The highest BCUT2D eigenvalue weighted by Gasteiger charge is 2.22. The minimum absolute atomic E-state index is 0.179. The molecule has 57 heavy (non-hydrogen) atoms. The summed E-state index contributed by atoms with van der Waals surface area (Å²) in [4.78, 5) is 42.9. The lowest BCUT2D eigenvalue weighted by Gasteiger charge is -2.18. The molecule has 0 saturated heterocycles. The smallest absolute Gasteiger partial charge is 0.462 e. The van der Waals surface area contributed by atoms with Crippen LogP contribution in [0.2, 0.25) is 0 Å². The maximum absolute atomic E-state index is 12.4. The molecule has 0 bridgehead atoms. The second-order valence-electron chi connectivity index (χ2n) is 15.5. The van der Waals surface area contributed by atoms with Crippen molar-refractivity contribution in [2.75, 3.05) is 13.2 Å². The van der Waals surface area contributed by atoms with E-state index in [0.717, 1.165) is 57.8 Å². The van der Waals surface area contributed by atoms with Crippen molar-refractivity contribution in [1.29, 1.82) is 0 Å². The van der Waals surface area contributed by atoms with Crippen molar-refractivity contribution in [3.8, 4) is 0 Å². The molecule has 0 aromatic heterocycles. The van der Waals surface area contributed by atoms with Gasteiger partial charge in [0.2, 0.25) is 0 Å². The summed E-state index contributed by atoms with van der Waals surface area (Å²) in [6, 6.07) is 0. The van der Waals surface area contributed by atoms with E-state index in [4.69, 9.17) is 19.3 Å². The number of aliphatic hydroxyl groups is 1. The average molecular weight is 825 g/mol. The van der Waals surface area contributed by atoms with Gasteiger partial charge in [0.1, 0.15) is 6.61 Å². The van der Waals surface area contributed by atoms with Crippen LogP contribution in [0.15, 0.2) is 48.6 Å². The summed E-state index contributed by atoms with van der Waals surface area (Å²) in [5.41, 5.74) is 0. The van der Waals surface area contributed by atoms with Gasteiger partial charge in [-0.25, -0.2) is 4.57 Å². The van der Waals surface area contributed by atoms with E-state index in [1.54, 1.807) is 0 Å². The highest BCUT2D eigenvalue weighted by atomic mass is 31.2. The van der Waals surface area contributed by atoms with Crippen LogP contribution in [-0.4, -0.2) is 52.3 Å². The number of rotatable bonds is 42. The van der Waals surface area contributed by atoms with Crippen molar-refractivity contribution < 1.29 is 43.0 Å². The molecule has 0 rings (SSSR count). The third-order valence-corrected chi connectivity index (χ3v) is 10.5. The predicted molar refractivity (Wildman–Crippen MR) is 236 cm³/mol. The van der Waals surface area contributed by atoms with Crippen LogP contribution in [0.3, 0.4) is 0 Å². The number of carbonyl (C=O) groups is 2. The fourth-order valence-corrected chi connectivity index (χ4v) is 6.77. The van der Waals surface area contributed by atoms with Crippen molar-refractivity contribution >= 4 is 19.8 Å². The van der Waals surface area contributed by atoms with Gasteiger partial charge in [-0.3, -0.25) is 14.1 Å². The fraction of sp³-hybridized carbons (Fsp3) is 0.787. The van der Waals surface area contributed by atoms with Crippen LogP contribution in [0, 0.1) is 0 Å². The molecule has 0 aromatic rings.